The zero-order chi connectivity index (χ0) is 83.9. The number of aliphatic hydroxyl groups excluding tert-OH is 4. The van der Waals surface area contributed by atoms with Gasteiger partial charge in [0.2, 0.25) is 11.6 Å². The van der Waals surface area contributed by atoms with Gasteiger partial charge in [-0.15, -0.1) is 37.0 Å². The van der Waals surface area contributed by atoms with E-state index < -0.39 is 115 Å². The van der Waals surface area contributed by atoms with Crippen molar-refractivity contribution < 1.29 is 154 Å². The standard InChI is InChI=1S/C26H28O7.C23H24O7.C20H24O7.C20H20O7.C3H3.5CH4.Li/c1-5-7-17(27)13(3)24-19(32-24)20-26(33-20)22(4)10-8-14-15(12-30-21(14)28)16(22)11-18-25(26,31-18)23(24,29)9-6-2;1-4-5-14(24)10(2)21-16(29-21)17-23(30-17)20(3)7-6-11-12(9-27-18(11)25)13(20)8-15-22(23,28-15)19(21)26;2*1-8(6-21)18-13(26-18)14-20(27-14)17(2)4-3-9-10(7-24-15(9)22)11(17)5-12-19(20,25-12)16(18)23;1-3-2;;;;;;/h1-2,13,16-20,27,29H,7-12H2,3-4H3;1,10,13-17,24H,5-9H2,2-3H3;8,11-14,16,21,23H,3-7H2,1-2H3;6,8,11-14H,3-5,7H2,1-2H3;1H,2H2;5*1H4;/q;;;;-1;;;;;;+1/t13?,16-,17?,18-,19-,20-,22-,23?,24-,25+,26+;10?,13-,14?,15-,16-,17-,20-,21-,22+,23+;8?,11-,12-,13-,14-,16+,17-,18-,19+,20+;8?,11-,12-,13-,14-,17-,18-,19+,20+;;;;;;;/m0000......./s1. The Balaban J connectivity index is 0.000000111. The molecule has 28 aliphatic rings. The molecule has 29 heteroatoms. The summed E-state index contributed by atoms with van der Waals surface area (Å²) in [4.78, 5) is 87.6. The van der Waals surface area contributed by atoms with Gasteiger partial charge in [-0.2, -0.15) is 6.92 Å². The number of terminal acetylenes is 4. The third kappa shape index (κ3) is 9.05. The van der Waals surface area contributed by atoms with Gasteiger partial charge in [-0.1, -0.05) is 92.5 Å². The van der Waals surface area contributed by atoms with Crippen molar-refractivity contribution in [2.24, 2.45) is 69.0 Å². The number of esters is 4. The third-order valence-corrected chi connectivity index (χ3v) is 38.1. The van der Waals surface area contributed by atoms with Crippen molar-refractivity contribution in [2.45, 2.75) is 353 Å². The zero-order valence-corrected chi connectivity index (χ0v) is 69.1. The minimum absolute atomic E-state index is 0. The van der Waals surface area contributed by atoms with E-state index in [0.717, 1.165) is 83.0 Å². The second-order valence-corrected chi connectivity index (χ2v) is 41.1. The molecule has 12 aliphatic carbocycles. The number of hydrogen-bond acceptors (Lipinski definition) is 28. The largest absolute Gasteiger partial charge is 1.00 e. The summed E-state index contributed by atoms with van der Waals surface area (Å²) in [7, 11) is 0. The fourth-order valence-corrected chi connectivity index (χ4v) is 31.8. The normalized spacial score (nSPS) is 53.9. The molecule has 16 heterocycles. The molecule has 12 saturated heterocycles. The van der Waals surface area contributed by atoms with Gasteiger partial charge < -0.3 is 118 Å². The second-order valence-electron chi connectivity index (χ2n) is 41.1. The van der Waals surface area contributed by atoms with E-state index in [1.54, 1.807) is 6.92 Å². The molecule has 40 atom stereocenters. The van der Waals surface area contributed by atoms with Crippen molar-refractivity contribution in [1.29, 1.82) is 0 Å². The number of carbonyl (C=O) groups is 7. The molecule has 676 valence electrons. The zero-order valence-electron chi connectivity index (χ0n) is 69.1. The number of aldehydes is 1. The smallest absolute Gasteiger partial charge is 0.458 e. The van der Waals surface area contributed by atoms with Crippen LogP contribution in [0.25, 0.3) is 0 Å². The Morgan fingerprint density at radius 1 is 0.460 bits per heavy atom. The summed E-state index contributed by atoms with van der Waals surface area (Å²) in [6, 6.07) is 0. The molecule has 0 bridgehead atoms. The van der Waals surface area contributed by atoms with Gasteiger partial charge in [-0.3, -0.25) is 9.59 Å². The predicted molar refractivity (Wildman–Crippen MR) is 436 cm³/mol. The van der Waals surface area contributed by atoms with E-state index in [1.165, 1.54) is 0 Å². The third-order valence-electron chi connectivity index (χ3n) is 38.1. The number of fused-ring (bicyclic) bond motifs is 16. The Morgan fingerprint density at radius 3 is 1.29 bits per heavy atom. The number of carbonyl (C=O) groups excluding carboxylic acids is 7. The van der Waals surface area contributed by atoms with Crippen molar-refractivity contribution in [3.63, 3.8) is 0 Å². The molecule has 20 fully saturated rings. The maximum absolute atomic E-state index is 14.0. The van der Waals surface area contributed by atoms with Crippen LogP contribution in [0.5, 0.6) is 0 Å². The Kier molecular flexibility index (Phi) is 19.3. The predicted octanol–water partition coefficient (Wildman–Crippen LogP) is 2.74. The maximum Gasteiger partial charge on any atom is 1.00 e. The Bertz CT molecular complexity index is 5220. The summed E-state index contributed by atoms with van der Waals surface area (Å²) in [6.07, 6.45) is 25.2. The Labute approximate surface area is 747 Å². The summed E-state index contributed by atoms with van der Waals surface area (Å²) in [5.41, 5.74) is -5.68. The fraction of sp³-hybridized carbons (Fsp3) is 0.753. The summed E-state index contributed by atoms with van der Waals surface area (Å²) >= 11 is 0. The first-order valence-electron chi connectivity index (χ1n) is 43.3. The quantitative estimate of drug-likeness (QED) is 0.0377. The van der Waals surface area contributed by atoms with E-state index in [4.69, 9.17) is 95.1 Å². The van der Waals surface area contributed by atoms with E-state index in [9.17, 15) is 59.1 Å². The molecule has 0 aromatic carbocycles. The average Bonchev–Trinajstić information content (AvgIpc) is 1.41. The van der Waals surface area contributed by atoms with Gasteiger partial charge in [0.05, 0.1) is 42.5 Å². The summed E-state index contributed by atoms with van der Waals surface area (Å²) in [5.74, 6) is 7.59. The SMILES string of the molecule is C.C.C.C.C.C#CCC(O)C(C)[C@]12O[C@H]1[C@@H]1O[C@@]13[C@@]1(C)CCC4=C(COC4=O)[C@@H]1C[C@@H]1O[C@@]13C2(O)CC#C.C#CCC(O)C(C)[C@]12O[C@H]1[C@@H]1O[C@@]13[C@@]1(C)CCC4=C(COC4=O)[C@@H]1C[C@@H]1O[C@@]13C2=O.C#C[CH2-].CC(C=O)[C@]12O[C@H]1[C@@H]1O[C@@]13[C@@]1(C)CCC4=C(COC4=O)[C@@H]1C[C@@H]1O[C@@]13C2=O.CC(CO)[C@]12O[C@H]1[C@@H]1O[C@]13[C@]1(O[C@H]1C[C@H]1C4=C(CC[C@@]13C)C(=O)OC4)[C@@H]2O.[Li+]. The van der Waals surface area contributed by atoms with Crippen LogP contribution in [0.4, 0.5) is 0 Å². The van der Waals surface area contributed by atoms with Gasteiger partial charge in [-0.25, -0.2) is 19.2 Å². The summed E-state index contributed by atoms with van der Waals surface area (Å²) in [5, 5.41) is 55.0. The molecule has 5 N–H and O–H groups in total. The fourth-order valence-electron chi connectivity index (χ4n) is 31.8. The average molecular weight is 1740 g/mol. The Hall–Kier alpha value is -6.12. The van der Waals surface area contributed by atoms with Crippen LogP contribution in [0, 0.1) is 125 Å². The van der Waals surface area contributed by atoms with Crippen LogP contribution in [0.3, 0.4) is 0 Å². The van der Waals surface area contributed by atoms with Gasteiger partial charge in [0.15, 0.2) is 33.6 Å². The minimum Gasteiger partial charge on any atom is -0.458 e. The van der Waals surface area contributed by atoms with E-state index in [0.29, 0.717) is 71.4 Å². The van der Waals surface area contributed by atoms with Gasteiger partial charge in [0, 0.05) is 87.6 Å². The van der Waals surface area contributed by atoms with Crippen LogP contribution in [0.1, 0.15) is 189 Å². The van der Waals surface area contributed by atoms with Gasteiger partial charge in [0.1, 0.15) is 127 Å². The molecule has 8 saturated carbocycles. The summed E-state index contributed by atoms with van der Waals surface area (Å²) in [6.45, 7) is 20.5. The van der Waals surface area contributed by atoms with Crippen molar-refractivity contribution in [1.82, 2.24) is 0 Å². The molecular formula is C97H119LiO28. The summed E-state index contributed by atoms with van der Waals surface area (Å²) < 4.78 is 96.9. The number of rotatable bonds is 11. The van der Waals surface area contributed by atoms with E-state index in [1.807, 2.05) is 26.7 Å². The molecule has 28 nitrogen and oxygen atoms in total. The van der Waals surface area contributed by atoms with Crippen LogP contribution < -0.4 is 18.9 Å². The molecule has 16 aliphatic heterocycles. The van der Waals surface area contributed by atoms with Gasteiger partial charge in [0.25, 0.3) is 0 Å². The molecule has 0 aromatic heterocycles. The first-order chi connectivity index (χ1) is 57.2. The second kappa shape index (κ2) is 26.9. The molecule has 0 aromatic rings. The number of ether oxygens (including phenoxy) is 16. The maximum atomic E-state index is 14.0. The number of Topliss-reactive ketones (excluding diaryl/α,β-unsaturated/α-hetero) is 2. The van der Waals surface area contributed by atoms with Crippen molar-refractivity contribution in [3.05, 3.63) is 51.5 Å². The van der Waals surface area contributed by atoms with Crippen LogP contribution >= 0.6 is 0 Å². The van der Waals surface area contributed by atoms with Crippen molar-refractivity contribution >= 4 is 41.7 Å². The van der Waals surface area contributed by atoms with E-state index in [2.05, 4.69) is 58.8 Å². The number of aliphatic hydroxyl groups is 5. The first kappa shape index (κ1) is 90.4. The number of hydrogen-bond donors (Lipinski definition) is 5. The molecule has 28 rings (SSSR count). The molecule has 8 spiro atoms. The topological polar surface area (TPSA) is 408 Å². The van der Waals surface area contributed by atoms with E-state index >= 15 is 0 Å². The minimum atomic E-state index is -1.53. The van der Waals surface area contributed by atoms with Gasteiger partial charge >= 0.3 is 42.7 Å². The first-order valence-corrected chi connectivity index (χ1v) is 43.3. The molecule has 126 heavy (non-hydrogen) atoms. The van der Waals surface area contributed by atoms with Crippen LogP contribution in [0.15, 0.2) is 44.6 Å². The van der Waals surface area contributed by atoms with Gasteiger partial charge in [-0.05, 0) is 123 Å². The molecule has 0 radical (unpaired) electrons. The van der Waals surface area contributed by atoms with Crippen molar-refractivity contribution in [3.8, 4) is 49.4 Å². The molecular weight excluding hydrogens is 1620 g/mol. The van der Waals surface area contributed by atoms with Crippen molar-refractivity contribution in [2.75, 3.05) is 33.0 Å². The van der Waals surface area contributed by atoms with E-state index in [-0.39, 0.29) is 236 Å². The number of ketones is 2. The molecule has 7 unspecified atom stereocenters. The monoisotopic (exact) mass is 1740 g/mol. The van der Waals surface area contributed by atoms with Crippen LogP contribution in [-0.2, 0) is 109 Å². The molecule has 0 amide bonds. The number of epoxide rings is 12. The van der Waals surface area contributed by atoms with Crippen LogP contribution in [0.2, 0.25) is 0 Å². The van der Waals surface area contributed by atoms with Crippen LogP contribution in [-0.4, -0.2) is 265 Å². The Morgan fingerprint density at radius 2 is 0.841 bits per heavy atom. The number of cyclic esters (lactones) is 4.